The Morgan fingerprint density at radius 3 is 2.90 bits per heavy atom. The van der Waals surface area contributed by atoms with Crippen molar-refractivity contribution in [3.05, 3.63) is 47.5 Å². The molecule has 1 aliphatic heterocycles. The van der Waals surface area contributed by atoms with Gasteiger partial charge in [0.2, 0.25) is 0 Å². The number of H-pyrrole nitrogens is 1. The maximum Gasteiger partial charge on any atom is 0.186 e. The molecule has 3 nitrogen and oxygen atoms in total. The molecule has 0 fully saturated rings. The highest BCUT2D eigenvalue weighted by Crippen LogP contribution is 2.29. The van der Waals surface area contributed by atoms with Gasteiger partial charge in [0, 0.05) is 17.8 Å². The van der Waals surface area contributed by atoms with Crippen molar-refractivity contribution in [2.75, 3.05) is 11.9 Å². The van der Waals surface area contributed by atoms with Crippen molar-refractivity contribution >= 4 is 16.7 Å². The van der Waals surface area contributed by atoms with Crippen LogP contribution in [0.1, 0.15) is 12.0 Å². The first-order chi connectivity index (χ1) is 10.2. The maximum absolute atomic E-state index is 13.7. The van der Waals surface area contributed by atoms with Crippen LogP contribution in [0.4, 0.5) is 14.5 Å². The third-order valence-electron chi connectivity index (χ3n) is 3.86. The highest BCUT2D eigenvalue weighted by atomic mass is 19.2. The van der Waals surface area contributed by atoms with E-state index in [1.165, 1.54) is 11.6 Å². The van der Waals surface area contributed by atoms with Crippen LogP contribution in [0.25, 0.3) is 22.4 Å². The minimum Gasteiger partial charge on any atom is -0.385 e. The summed E-state index contributed by atoms with van der Waals surface area (Å²) in [5.41, 5.74) is 3.79. The third kappa shape index (κ3) is 1.96. The van der Waals surface area contributed by atoms with E-state index < -0.39 is 11.6 Å². The average molecular weight is 285 g/mol. The standard InChI is InChI=1S/C16H13F2N3/c17-11-4-6-13-15(14(11)18)21-16(20-13)10-3-5-12-9(8-10)2-1-7-19-12/h3-6,8,19H,1-2,7H2,(H,20,21). The lowest BCUT2D eigenvalue weighted by Crippen LogP contribution is -2.11. The molecule has 0 unspecified atom stereocenters. The summed E-state index contributed by atoms with van der Waals surface area (Å²) in [7, 11) is 0. The Hall–Kier alpha value is -2.43. The molecular formula is C16H13F2N3. The zero-order valence-electron chi connectivity index (χ0n) is 11.2. The number of aromatic amines is 1. The SMILES string of the molecule is Fc1ccc2[nH]c(-c3ccc4c(c3)CCCN4)nc2c1F. The van der Waals surface area contributed by atoms with E-state index in [2.05, 4.69) is 15.3 Å². The van der Waals surface area contributed by atoms with Gasteiger partial charge in [-0.2, -0.15) is 0 Å². The molecule has 106 valence electrons. The average Bonchev–Trinajstić information content (AvgIpc) is 2.95. The minimum atomic E-state index is -0.908. The van der Waals surface area contributed by atoms with E-state index >= 15 is 0 Å². The summed E-state index contributed by atoms with van der Waals surface area (Å²) in [6.45, 7) is 0.988. The first-order valence-corrected chi connectivity index (χ1v) is 6.93. The Kier molecular flexibility index (Phi) is 2.67. The number of benzene rings is 2. The number of fused-ring (bicyclic) bond motifs is 2. The molecule has 0 spiro atoms. The Bertz CT molecular complexity index is 839. The zero-order chi connectivity index (χ0) is 14.4. The van der Waals surface area contributed by atoms with E-state index in [1.54, 1.807) is 0 Å². The van der Waals surface area contributed by atoms with Crippen LogP contribution in [0.3, 0.4) is 0 Å². The second kappa shape index (κ2) is 4.55. The van der Waals surface area contributed by atoms with Gasteiger partial charge in [0.15, 0.2) is 11.6 Å². The number of hydrogen-bond acceptors (Lipinski definition) is 2. The predicted octanol–water partition coefficient (Wildman–Crippen LogP) is 3.87. The number of aromatic nitrogens is 2. The van der Waals surface area contributed by atoms with Crippen molar-refractivity contribution < 1.29 is 8.78 Å². The summed E-state index contributed by atoms with van der Waals surface area (Å²) >= 11 is 0. The van der Waals surface area contributed by atoms with E-state index in [9.17, 15) is 8.78 Å². The largest absolute Gasteiger partial charge is 0.385 e. The number of hydrogen-bond donors (Lipinski definition) is 2. The van der Waals surface area contributed by atoms with Crippen molar-refractivity contribution in [2.45, 2.75) is 12.8 Å². The molecule has 0 saturated carbocycles. The smallest absolute Gasteiger partial charge is 0.186 e. The molecule has 2 N–H and O–H groups in total. The summed E-state index contributed by atoms with van der Waals surface area (Å²) in [5.74, 6) is -1.23. The van der Waals surface area contributed by atoms with E-state index in [-0.39, 0.29) is 5.52 Å². The topological polar surface area (TPSA) is 40.7 Å². The van der Waals surface area contributed by atoms with Gasteiger partial charge in [0.1, 0.15) is 11.3 Å². The van der Waals surface area contributed by atoms with Gasteiger partial charge in [0.25, 0.3) is 0 Å². The van der Waals surface area contributed by atoms with E-state index in [0.29, 0.717) is 11.3 Å². The molecule has 0 aliphatic carbocycles. The van der Waals surface area contributed by atoms with Crippen molar-refractivity contribution in [1.82, 2.24) is 9.97 Å². The molecule has 3 aromatic rings. The van der Waals surface area contributed by atoms with E-state index in [1.807, 2.05) is 18.2 Å². The predicted molar refractivity (Wildman–Crippen MR) is 78.3 cm³/mol. The fraction of sp³-hybridized carbons (Fsp3) is 0.188. The van der Waals surface area contributed by atoms with Crippen LogP contribution >= 0.6 is 0 Å². The Labute approximate surface area is 120 Å². The van der Waals surface area contributed by atoms with E-state index in [0.717, 1.165) is 36.7 Å². The fourth-order valence-electron chi connectivity index (χ4n) is 2.78. The first kappa shape index (κ1) is 12.3. The molecule has 2 aromatic carbocycles. The fourth-order valence-corrected chi connectivity index (χ4v) is 2.78. The summed E-state index contributed by atoms with van der Waals surface area (Å²) in [4.78, 5) is 7.25. The number of nitrogens with zero attached hydrogens (tertiary/aromatic N) is 1. The van der Waals surface area contributed by atoms with Crippen molar-refractivity contribution in [3.63, 3.8) is 0 Å². The van der Waals surface area contributed by atoms with Gasteiger partial charge in [-0.25, -0.2) is 13.8 Å². The lowest BCUT2D eigenvalue weighted by Gasteiger charge is -2.18. The quantitative estimate of drug-likeness (QED) is 0.712. The molecule has 1 aromatic heterocycles. The Morgan fingerprint density at radius 1 is 1.10 bits per heavy atom. The third-order valence-corrected chi connectivity index (χ3v) is 3.86. The van der Waals surface area contributed by atoms with Gasteiger partial charge < -0.3 is 10.3 Å². The zero-order valence-corrected chi connectivity index (χ0v) is 11.2. The van der Waals surface area contributed by atoms with Crippen LogP contribution in [0.5, 0.6) is 0 Å². The van der Waals surface area contributed by atoms with Crippen molar-refractivity contribution in [1.29, 1.82) is 0 Å². The molecule has 0 radical (unpaired) electrons. The summed E-state index contributed by atoms with van der Waals surface area (Å²) in [6, 6.07) is 8.60. The lowest BCUT2D eigenvalue weighted by molar-refractivity contribution is 0.515. The minimum absolute atomic E-state index is 0.0424. The lowest BCUT2D eigenvalue weighted by atomic mass is 10.0. The van der Waals surface area contributed by atoms with Crippen LogP contribution in [0.15, 0.2) is 30.3 Å². The molecule has 4 rings (SSSR count). The highest BCUT2D eigenvalue weighted by Gasteiger charge is 2.14. The molecule has 5 heteroatoms. The molecule has 0 bridgehead atoms. The molecule has 1 aliphatic rings. The molecule has 0 saturated heterocycles. The second-order valence-electron chi connectivity index (χ2n) is 5.25. The normalized spacial score (nSPS) is 14.0. The number of rotatable bonds is 1. The first-order valence-electron chi connectivity index (χ1n) is 6.93. The number of halogens is 2. The summed E-state index contributed by atoms with van der Waals surface area (Å²) < 4.78 is 27.0. The van der Waals surface area contributed by atoms with Crippen molar-refractivity contribution in [2.24, 2.45) is 0 Å². The second-order valence-corrected chi connectivity index (χ2v) is 5.25. The van der Waals surface area contributed by atoms with Crippen LogP contribution in [0, 0.1) is 11.6 Å². The monoisotopic (exact) mass is 285 g/mol. The number of nitrogens with one attached hydrogen (secondary N) is 2. The summed E-state index contributed by atoms with van der Waals surface area (Å²) in [5, 5.41) is 3.34. The number of anilines is 1. The highest BCUT2D eigenvalue weighted by molar-refractivity contribution is 5.80. The van der Waals surface area contributed by atoms with Crippen molar-refractivity contribution in [3.8, 4) is 11.4 Å². The molecule has 0 amide bonds. The van der Waals surface area contributed by atoms with Gasteiger partial charge in [-0.1, -0.05) is 0 Å². The van der Waals surface area contributed by atoms with Crippen LogP contribution in [-0.2, 0) is 6.42 Å². The van der Waals surface area contributed by atoms with Gasteiger partial charge in [0.05, 0.1) is 5.52 Å². The Morgan fingerprint density at radius 2 is 2.00 bits per heavy atom. The van der Waals surface area contributed by atoms with Crippen LogP contribution < -0.4 is 5.32 Å². The molecule has 21 heavy (non-hydrogen) atoms. The molecule has 2 heterocycles. The Balaban J connectivity index is 1.84. The summed E-state index contributed by atoms with van der Waals surface area (Å²) in [6.07, 6.45) is 2.11. The number of imidazole rings is 1. The molecular weight excluding hydrogens is 272 g/mol. The van der Waals surface area contributed by atoms with Crippen LogP contribution in [0.2, 0.25) is 0 Å². The van der Waals surface area contributed by atoms with Crippen LogP contribution in [-0.4, -0.2) is 16.5 Å². The van der Waals surface area contributed by atoms with Gasteiger partial charge in [-0.3, -0.25) is 0 Å². The molecule has 0 atom stereocenters. The van der Waals surface area contributed by atoms with Gasteiger partial charge in [-0.05, 0) is 48.7 Å². The maximum atomic E-state index is 13.7. The van der Waals surface area contributed by atoms with E-state index in [4.69, 9.17) is 0 Å². The van der Waals surface area contributed by atoms with Gasteiger partial charge in [-0.15, -0.1) is 0 Å². The number of aryl methyl sites for hydroxylation is 1. The van der Waals surface area contributed by atoms with Gasteiger partial charge >= 0.3 is 0 Å².